The average molecular weight is 254 g/mol. The van der Waals surface area contributed by atoms with Crippen molar-refractivity contribution >= 4 is 22.3 Å². The van der Waals surface area contributed by atoms with Gasteiger partial charge in [0.2, 0.25) is 0 Å². The zero-order chi connectivity index (χ0) is 12.3. The zero-order valence-corrected chi connectivity index (χ0v) is 11.1. The van der Waals surface area contributed by atoms with Crippen molar-refractivity contribution in [2.24, 2.45) is 0 Å². The Hall–Kier alpha value is -0.940. The normalized spacial score (nSPS) is 20.6. The van der Waals surface area contributed by atoms with Crippen molar-refractivity contribution in [3.63, 3.8) is 0 Å². The lowest BCUT2D eigenvalue weighted by Gasteiger charge is -2.32. The first-order valence-electron chi connectivity index (χ1n) is 6.03. The number of piperidine rings is 1. The van der Waals surface area contributed by atoms with E-state index in [9.17, 15) is 4.79 Å². The second-order valence-corrected chi connectivity index (χ2v) is 5.07. The number of aromatic nitrogens is 1. The first kappa shape index (κ1) is 12.5. The van der Waals surface area contributed by atoms with Crippen molar-refractivity contribution in [3.05, 3.63) is 11.1 Å². The molecule has 1 aromatic rings. The van der Waals surface area contributed by atoms with Gasteiger partial charge in [-0.3, -0.25) is 4.79 Å². The molecule has 17 heavy (non-hydrogen) atoms. The highest BCUT2D eigenvalue weighted by atomic mass is 32.1. The Balaban J connectivity index is 2.02. The van der Waals surface area contributed by atoms with Gasteiger partial charge < -0.3 is 9.64 Å². The molecule has 2 rings (SSSR count). The van der Waals surface area contributed by atoms with Gasteiger partial charge in [-0.2, -0.15) is 0 Å². The maximum atomic E-state index is 11.2. The van der Waals surface area contributed by atoms with E-state index in [0.717, 1.165) is 37.7 Å². The van der Waals surface area contributed by atoms with Crippen LogP contribution in [0.4, 0.5) is 5.13 Å². The van der Waals surface area contributed by atoms with Crippen LogP contribution in [-0.4, -0.2) is 36.6 Å². The van der Waals surface area contributed by atoms with E-state index >= 15 is 0 Å². The average Bonchev–Trinajstić information content (AvgIpc) is 2.79. The fourth-order valence-corrected chi connectivity index (χ4v) is 2.96. The molecule has 1 unspecified atom stereocenters. The molecule has 1 fully saturated rings. The number of carbonyl (C=O) groups is 1. The molecule has 4 nitrogen and oxygen atoms in total. The Morgan fingerprint density at radius 3 is 3.18 bits per heavy atom. The highest BCUT2D eigenvalue weighted by Gasteiger charge is 2.22. The van der Waals surface area contributed by atoms with Crippen molar-refractivity contribution in [1.82, 2.24) is 4.98 Å². The van der Waals surface area contributed by atoms with Crippen molar-refractivity contribution in [1.29, 1.82) is 0 Å². The minimum absolute atomic E-state index is 0.0332. The molecule has 94 valence electrons. The van der Waals surface area contributed by atoms with Crippen LogP contribution >= 0.6 is 11.3 Å². The van der Waals surface area contributed by atoms with Gasteiger partial charge in [-0.25, -0.2) is 4.98 Å². The largest absolute Gasteiger partial charge is 0.377 e. The van der Waals surface area contributed by atoms with Gasteiger partial charge in [0, 0.05) is 32.0 Å². The highest BCUT2D eigenvalue weighted by Crippen LogP contribution is 2.25. The molecule has 1 saturated heterocycles. The lowest BCUT2D eigenvalue weighted by atomic mass is 10.1. The molecular weight excluding hydrogens is 236 g/mol. The molecule has 0 aromatic carbocycles. The minimum Gasteiger partial charge on any atom is -0.377 e. The smallest absolute Gasteiger partial charge is 0.186 e. The molecule has 0 bridgehead atoms. The number of carbonyl (C=O) groups excluding carboxylic acids is 1. The first-order valence-corrected chi connectivity index (χ1v) is 6.91. The van der Waals surface area contributed by atoms with Crippen LogP contribution in [0, 0.1) is 0 Å². The predicted molar refractivity (Wildman–Crippen MR) is 69.0 cm³/mol. The number of ketones is 1. The van der Waals surface area contributed by atoms with Crippen molar-refractivity contribution < 1.29 is 9.53 Å². The van der Waals surface area contributed by atoms with Gasteiger partial charge >= 0.3 is 0 Å². The number of ether oxygens (including phenoxy) is 1. The topological polar surface area (TPSA) is 42.4 Å². The molecule has 0 aliphatic carbocycles. The Morgan fingerprint density at radius 1 is 1.71 bits per heavy atom. The van der Waals surface area contributed by atoms with Crippen molar-refractivity contribution in [3.8, 4) is 0 Å². The number of rotatable bonds is 4. The molecular formula is C12H18N2O2S. The summed E-state index contributed by atoms with van der Waals surface area (Å²) < 4.78 is 5.66. The molecule has 0 radical (unpaired) electrons. The van der Waals surface area contributed by atoms with Crippen LogP contribution in [0.2, 0.25) is 0 Å². The standard InChI is InChI=1S/C12H18N2O2S/c1-3-16-10-5-4-6-14(7-10)12-13-11(8-17-12)9(2)15/h8,10H,3-7H2,1-2H3. The number of nitrogens with zero attached hydrogens (tertiary/aromatic N) is 2. The van der Waals surface area contributed by atoms with E-state index in [1.165, 1.54) is 0 Å². The van der Waals surface area contributed by atoms with Gasteiger partial charge in [-0.05, 0) is 19.8 Å². The van der Waals surface area contributed by atoms with Gasteiger partial charge in [-0.1, -0.05) is 0 Å². The third-order valence-corrected chi connectivity index (χ3v) is 3.81. The fourth-order valence-electron chi connectivity index (χ4n) is 2.05. The van der Waals surface area contributed by atoms with Gasteiger partial charge in [0.1, 0.15) is 5.69 Å². The van der Waals surface area contributed by atoms with Crippen LogP contribution < -0.4 is 4.90 Å². The van der Waals surface area contributed by atoms with E-state index in [1.54, 1.807) is 18.3 Å². The van der Waals surface area contributed by atoms with E-state index < -0.39 is 0 Å². The fraction of sp³-hybridized carbons (Fsp3) is 0.667. The Bertz CT molecular complexity index is 390. The lowest BCUT2D eigenvalue weighted by molar-refractivity contribution is 0.0526. The van der Waals surface area contributed by atoms with Crippen molar-refractivity contribution in [2.45, 2.75) is 32.8 Å². The number of Topliss-reactive ketones (excluding diaryl/α,β-unsaturated/α-hetero) is 1. The highest BCUT2D eigenvalue weighted by molar-refractivity contribution is 7.13. The summed E-state index contributed by atoms with van der Waals surface area (Å²) in [5.41, 5.74) is 0.573. The van der Waals surface area contributed by atoms with E-state index in [4.69, 9.17) is 4.74 Å². The van der Waals surface area contributed by atoms with E-state index in [2.05, 4.69) is 9.88 Å². The molecule has 2 heterocycles. The minimum atomic E-state index is 0.0332. The molecule has 1 aliphatic rings. The lowest BCUT2D eigenvalue weighted by Crippen LogP contribution is -2.39. The molecule has 0 spiro atoms. The molecule has 5 heteroatoms. The SMILES string of the molecule is CCOC1CCCN(c2nc(C(C)=O)cs2)C1. The van der Waals surface area contributed by atoms with Crippen LogP contribution in [0.3, 0.4) is 0 Å². The zero-order valence-electron chi connectivity index (χ0n) is 10.3. The van der Waals surface area contributed by atoms with Crippen LogP contribution in [0.25, 0.3) is 0 Å². The monoisotopic (exact) mass is 254 g/mol. The van der Waals surface area contributed by atoms with Crippen LogP contribution in [0.1, 0.15) is 37.2 Å². The summed E-state index contributed by atoms with van der Waals surface area (Å²) in [7, 11) is 0. The molecule has 0 saturated carbocycles. The van der Waals surface area contributed by atoms with Crippen molar-refractivity contribution in [2.75, 3.05) is 24.6 Å². The molecule has 1 aromatic heterocycles. The summed E-state index contributed by atoms with van der Waals surface area (Å²) in [5, 5.41) is 2.78. The number of hydrogen-bond donors (Lipinski definition) is 0. The maximum Gasteiger partial charge on any atom is 0.186 e. The van der Waals surface area contributed by atoms with E-state index in [0.29, 0.717) is 11.8 Å². The summed E-state index contributed by atoms with van der Waals surface area (Å²) in [6, 6.07) is 0. The summed E-state index contributed by atoms with van der Waals surface area (Å²) in [6.45, 7) is 6.23. The van der Waals surface area contributed by atoms with E-state index in [-0.39, 0.29) is 5.78 Å². The van der Waals surface area contributed by atoms with Gasteiger partial charge in [0.25, 0.3) is 0 Å². The molecule has 0 amide bonds. The molecule has 1 aliphatic heterocycles. The van der Waals surface area contributed by atoms with Gasteiger partial charge in [0.15, 0.2) is 10.9 Å². The summed E-state index contributed by atoms with van der Waals surface area (Å²) in [4.78, 5) is 17.8. The molecule has 1 atom stereocenters. The quantitative estimate of drug-likeness (QED) is 0.774. The Morgan fingerprint density at radius 2 is 2.53 bits per heavy atom. The summed E-state index contributed by atoms with van der Waals surface area (Å²) in [5.74, 6) is 0.0332. The van der Waals surface area contributed by atoms with Crippen LogP contribution in [0.5, 0.6) is 0 Å². The number of thiazole rings is 1. The molecule has 0 N–H and O–H groups in total. The van der Waals surface area contributed by atoms with Crippen LogP contribution in [-0.2, 0) is 4.74 Å². The summed E-state index contributed by atoms with van der Waals surface area (Å²) >= 11 is 1.54. The second kappa shape index (κ2) is 5.60. The summed E-state index contributed by atoms with van der Waals surface area (Å²) in [6.07, 6.45) is 2.55. The Labute approximate surface area is 106 Å². The van der Waals surface area contributed by atoms with E-state index in [1.807, 2.05) is 12.3 Å². The second-order valence-electron chi connectivity index (χ2n) is 4.24. The first-order chi connectivity index (χ1) is 8.20. The third kappa shape index (κ3) is 3.04. The van der Waals surface area contributed by atoms with Gasteiger partial charge in [0.05, 0.1) is 6.10 Å². The maximum absolute atomic E-state index is 11.2. The predicted octanol–water partition coefficient (Wildman–Crippen LogP) is 2.35. The Kier molecular flexibility index (Phi) is 4.12. The third-order valence-electron chi connectivity index (χ3n) is 2.90. The number of hydrogen-bond acceptors (Lipinski definition) is 5. The number of anilines is 1. The van der Waals surface area contributed by atoms with Gasteiger partial charge in [-0.15, -0.1) is 11.3 Å². The van der Waals surface area contributed by atoms with Crippen LogP contribution in [0.15, 0.2) is 5.38 Å².